The van der Waals surface area contributed by atoms with Crippen LogP contribution in [-0.4, -0.2) is 12.5 Å². The molecule has 0 atom stereocenters. The Morgan fingerprint density at radius 3 is 2.40 bits per heavy atom. The molecule has 0 saturated heterocycles. The Kier molecular flexibility index (Phi) is 5.69. The molecule has 0 aliphatic carbocycles. The third-order valence-electron chi connectivity index (χ3n) is 2.81. The number of ether oxygens (including phenoxy) is 1. The zero-order chi connectivity index (χ0) is 14.4. The number of benzene rings is 2. The Hall–Kier alpha value is -1.25. The fourth-order valence-electron chi connectivity index (χ4n) is 1.77. The second kappa shape index (κ2) is 7.51. The molecular weight excluding hydrogens is 385 g/mol. The lowest BCUT2D eigenvalue weighted by molar-refractivity contribution is 0.316. The molecule has 0 bridgehead atoms. The number of nitrogens with zero attached hydrogens (tertiary/aromatic N) is 1. The van der Waals surface area contributed by atoms with Gasteiger partial charge in [0, 0.05) is 5.88 Å². The third kappa shape index (κ3) is 3.87. The van der Waals surface area contributed by atoms with Crippen LogP contribution in [0.25, 0.3) is 11.1 Å². The summed E-state index contributed by atoms with van der Waals surface area (Å²) in [5.41, 5.74) is 2.88. The van der Waals surface area contributed by atoms with E-state index in [2.05, 4.69) is 34.7 Å². The number of rotatable bonds is 5. The van der Waals surface area contributed by atoms with Crippen molar-refractivity contribution in [1.82, 2.24) is 0 Å². The molecule has 2 aromatic carbocycles. The van der Waals surface area contributed by atoms with Gasteiger partial charge in [-0.3, -0.25) is 0 Å². The van der Waals surface area contributed by atoms with Crippen molar-refractivity contribution in [2.75, 3.05) is 12.5 Å². The Labute approximate surface area is 137 Å². The lowest BCUT2D eigenvalue weighted by atomic mass is 10.0. The Bertz CT molecular complexity index is 619. The Morgan fingerprint density at radius 1 is 1.10 bits per heavy atom. The average molecular weight is 398 g/mol. The fourth-order valence-corrected chi connectivity index (χ4v) is 2.55. The van der Waals surface area contributed by atoms with Crippen LogP contribution in [0.3, 0.4) is 0 Å². The molecule has 2 nitrogen and oxygen atoms in total. The first-order valence-corrected chi connectivity index (χ1v) is 7.85. The Morgan fingerprint density at radius 2 is 1.80 bits per heavy atom. The SMILES string of the molecule is N#Cc1ccc(-c2ccc(OCCCCl)c(I)c2)cc1. The standard InChI is InChI=1S/C16H13ClINO/c17-8-1-9-20-16-7-6-14(10-15(16)18)13-4-2-12(11-19)3-5-13/h2-7,10H,1,8-9H2. The summed E-state index contributed by atoms with van der Waals surface area (Å²) in [6, 6.07) is 15.8. The van der Waals surface area contributed by atoms with Crippen LogP contribution in [0, 0.1) is 14.9 Å². The number of nitriles is 1. The second-order valence-electron chi connectivity index (χ2n) is 4.23. The van der Waals surface area contributed by atoms with E-state index < -0.39 is 0 Å². The molecule has 4 heteroatoms. The highest BCUT2D eigenvalue weighted by Gasteiger charge is 2.04. The maximum atomic E-state index is 8.81. The summed E-state index contributed by atoms with van der Waals surface area (Å²) in [5, 5.41) is 8.81. The summed E-state index contributed by atoms with van der Waals surface area (Å²) < 4.78 is 6.74. The molecule has 0 radical (unpaired) electrons. The number of alkyl halides is 1. The predicted molar refractivity (Wildman–Crippen MR) is 90.1 cm³/mol. The van der Waals surface area contributed by atoms with Gasteiger partial charge in [0.15, 0.2) is 0 Å². The summed E-state index contributed by atoms with van der Waals surface area (Å²) >= 11 is 7.90. The normalized spacial score (nSPS) is 10.1. The fraction of sp³-hybridized carbons (Fsp3) is 0.188. The van der Waals surface area contributed by atoms with Crippen LogP contribution in [0.5, 0.6) is 5.75 Å². The van der Waals surface area contributed by atoms with E-state index in [0.29, 0.717) is 18.1 Å². The van der Waals surface area contributed by atoms with Crippen LogP contribution in [0.2, 0.25) is 0 Å². The van der Waals surface area contributed by atoms with Gasteiger partial charge in [0.2, 0.25) is 0 Å². The number of hydrogen-bond acceptors (Lipinski definition) is 2. The van der Waals surface area contributed by atoms with Gasteiger partial charge in [-0.2, -0.15) is 5.26 Å². The van der Waals surface area contributed by atoms with Crippen molar-refractivity contribution < 1.29 is 4.74 Å². The summed E-state index contributed by atoms with van der Waals surface area (Å²) in [6.07, 6.45) is 0.842. The van der Waals surface area contributed by atoms with Gasteiger partial charge >= 0.3 is 0 Å². The van der Waals surface area contributed by atoms with E-state index in [0.717, 1.165) is 26.9 Å². The molecule has 0 spiro atoms. The molecule has 2 rings (SSSR count). The molecule has 0 heterocycles. The molecule has 20 heavy (non-hydrogen) atoms. The van der Waals surface area contributed by atoms with Gasteiger partial charge in [-0.25, -0.2) is 0 Å². The van der Waals surface area contributed by atoms with E-state index in [4.69, 9.17) is 21.6 Å². The molecule has 0 unspecified atom stereocenters. The van der Waals surface area contributed by atoms with E-state index in [1.807, 2.05) is 36.4 Å². The number of hydrogen-bond donors (Lipinski definition) is 0. The summed E-state index contributed by atoms with van der Waals surface area (Å²) in [5.74, 6) is 1.49. The van der Waals surface area contributed by atoms with Gasteiger partial charge in [0.25, 0.3) is 0 Å². The van der Waals surface area contributed by atoms with Crippen molar-refractivity contribution in [3.8, 4) is 22.9 Å². The van der Waals surface area contributed by atoms with Gasteiger partial charge < -0.3 is 4.74 Å². The monoisotopic (exact) mass is 397 g/mol. The van der Waals surface area contributed by atoms with Crippen LogP contribution < -0.4 is 4.74 Å². The van der Waals surface area contributed by atoms with Crippen LogP contribution in [0.4, 0.5) is 0 Å². The molecule has 0 aliphatic rings. The molecular formula is C16H13ClINO. The minimum Gasteiger partial charge on any atom is -0.492 e. The quantitative estimate of drug-likeness (QED) is 0.411. The highest BCUT2D eigenvalue weighted by atomic mass is 127. The van der Waals surface area contributed by atoms with Crippen molar-refractivity contribution in [2.45, 2.75) is 6.42 Å². The first-order chi connectivity index (χ1) is 9.74. The van der Waals surface area contributed by atoms with E-state index in [1.54, 1.807) is 0 Å². The molecule has 2 aromatic rings. The van der Waals surface area contributed by atoms with Gasteiger partial charge in [0.05, 0.1) is 21.8 Å². The highest BCUT2D eigenvalue weighted by Crippen LogP contribution is 2.28. The maximum Gasteiger partial charge on any atom is 0.132 e. The van der Waals surface area contributed by atoms with E-state index in [1.165, 1.54) is 0 Å². The van der Waals surface area contributed by atoms with Gasteiger partial charge in [-0.15, -0.1) is 11.6 Å². The lowest BCUT2D eigenvalue weighted by Crippen LogP contribution is -1.99. The maximum absolute atomic E-state index is 8.81. The van der Waals surface area contributed by atoms with E-state index >= 15 is 0 Å². The molecule has 0 N–H and O–H groups in total. The van der Waals surface area contributed by atoms with Crippen molar-refractivity contribution in [1.29, 1.82) is 5.26 Å². The largest absolute Gasteiger partial charge is 0.492 e. The molecule has 0 aliphatic heterocycles. The first kappa shape index (κ1) is 15.1. The topological polar surface area (TPSA) is 33.0 Å². The predicted octanol–water partition coefficient (Wildman–Crippen LogP) is 4.84. The van der Waals surface area contributed by atoms with Crippen molar-refractivity contribution >= 4 is 34.2 Å². The molecule has 0 aromatic heterocycles. The summed E-state index contributed by atoms with van der Waals surface area (Å²) in [6.45, 7) is 0.635. The van der Waals surface area contributed by atoms with E-state index in [9.17, 15) is 0 Å². The Balaban J connectivity index is 2.17. The molecule has 0 amide bonds. The van der Waals surface area contributed by atoms with Crippen molar-refractivity contribution in [2.24, 2.45) is 0 Å². The second-order valence-corrected chi connectivity index (χ2v) is 5.77. The van der Waals surface area contributed by atoms with Gasteiger partial charge in [0.1, 0.15) is 5.75 Å². The summed E-state index contributed by atoms with van der Waals surface area (Å²) in [4.78, 5) is 0. The van der Waals surface area contributed by atoms with Gasteiger partial charge in [-0.1, -0.05) is 18.2 Å². The lowest BCUT2D eigenvalue weighted by Gasteiger charge is -2.09. The molecule has 0 fully saturated rings. The van der Waals surface area contributed by atoms with Gasteiger partial charge in [-0.05, 0) is 64.4 Å². The van der Waals surface area contributed by atoms with Crippen molar-refractivity contribution in [3.05, 3.63) is 51.6 Å². The van der Waals surface area contributed by atoms with Crippen LogP contribution in [-0.2, 0) is 0 Å². The minimum atomic E-state index is 0.611. The van der Waals surface area contributed by atoms with Crippen LogP contribution >= 0.6 is 34.2 Å². The van der Waals surface area contributed by atoms with Crippen LogP contribution in [0.15, 0.2) is 42.5 Å². The third-order valence-corrected chi connectivity index (χ3v) is 3.93. The average Bonchev–Trinajstić information content (AvgIpc) is 2.49. The zero-order valence-electron chi connectivity index (χ0n) is 10.8. The van der Waals surface area contributed by atoms with Crippen molar-refractivity contribution in [3.63, 3.8) is 0 Å². The molecule has 102 valence electrons. The van der Waals surface area contributed by atoms with Crippen LogP contribution in [0.1, 0.15) is 12.0 Å². The molecule has 0 saturated carbocycles. The number of halogens is 2. The minimum absolute atomic E-state index is 0.611. The smallest absolute Gasteiger partial charge is 0.132 e. The first-order valence-electron chi connectivity index (χ1n) is 6.23. The highest BCUT2D eigenvalue weighted by molar-refractivity contribution is 14.1. The summed E-state index contributed by atoms with van der Waals surface area (Å²) in [7, 11) is 0. The zero-order valence-corrected chi connectivity index (χ0v) is 13.7. The van der Waals surface area contributed by atoms with E-state index in [-0.39, 0.29) is 0 Å².